The molecule has 0 saturated heterocycles. The minimum atomic E-state index is -0.272. The smallest absolute Gasteiger partial charge is 0.247 e. The Hall–Kier alpha value is -2.96. The number of aromatic nitrogens is 3. The molecular weight excluding hydrogens is 342 g/mol. The highest BCUT2D eigenvalue weighted by Gasteiger charge is 2.24. The summed E-state index contributed by atoms with van der Waals surface area (Å²) in [6.45, 7) is 9.62. The summed E-state index contributed by atoms with van der Waals surface area (Å²) in [6.07, 6.45) is 2.39. The van der Waals surface area contributed by atoms with E-state index in [0.29, 0.717) is 24.7 Å². The van der Waals surface area contributed by atoms with Crippen molar-refractivity contribution in [1.82, 2.24) is 19.7 Å². The molecule has 2 aromatic rings. The van der Waals surface area contributed by atoms with Crippen LogP contribution in [0.1, 0.15) is 31.1 Å². The van der Waals surface area contributed by atoms with Gasteiger partial charge in [0.05, 0.1) is 13.0 Å². The Kier molecular flexibility index (Phi) is 5.69. The number of nitrogens with one attached hydrogen (secondary N) is 1. The highest BCUT2D eigenvalue weighted by atomic mass is 16.2. The van der Waals surface area contributed by atoms with Gasteiger partial charge in [0, 0.05) is 25.2 Å². The predicted octanol–water partition coefficient (Wildman–Crippen LogP) is 2.19. The number of carbonyl (C=O) groups excluding carboxylic acids is 2. The number of hydrogen-bond acceptors (Lipinski definition) is 4. The summed E-state index contributed by atoms with van der Waals surface area (Å²) in [5, 5.41) is 11.3. The Balaban J connectivity index is 1.64. The molecule has 1 aliphatic rings. The minimum Gasteiger partial charge on any atom is -0.333 e. The van der Waals surface area contributed by atoms with Crippen LogP contribution < -0.4 is 5.32 Å². The molecule has 0 spiro atoms. The van der Waals surface area contributed by atoms with Crippen LogP contribution in [0, 0.1) is 5.92 Å². The summed E-state index contributed by atoms with van der Waals surface area (Å²) in [5.74, 6) is 2.13. The van der Waals surface area contributed by atoms with Gasteiger partial charge in [-0.3, -0.25) is 9.59 Å². The van der Waals surface area contributed by atoms with Crippen molar-refractivity contribution >= 4 is 17.5 Å². The van der Waals surface area contributed by atoms with Gasteiger partial charge >= 0.3 is 0 Å². The molecule has 1 aliphatic heterocycles. The number of carbonyl (C=O) groups is 2. The first-order valence-electron chi connectivity index (χ1n) is 9.17. The molecule has 1 aromatic carbocycles. The number of hydrogen-bond donors (Lipinski definition) is 1. The van der Waals surface area contributed by atoms with Crippen molar-refractivity contribution in [3.63, 3.8) is 0 Å². The van der Waals surface area contributed by atoms with Crippen LogP contribution >= 0.6 is 0 Å². The zero-order chi connectivity index (χ0) is 19.4. The zero-order valence-electron chi connectivity index (χ0n) is 15.8. The largest absolute Gasteiger partial charge is 0.333 e. The van der Waals surface area contributed by atoms with E-state index in [1.165, 1.54) is 6.08 Å². The molecule has 1 N–H and O–H groups in total. The molecule has 7 heteroatoms. The molecule has 2 heterocycles. The maximum absolute atomic E-state index is 12.7. The highest BCUT2D eigenvalue weighted by molar-refractivity contribution is 5.98. The van der Waals surface area contributed by atoms with E-state index < -0.39 is 0 Å². The lowest BCUT2D eigenvalue weighted by atomic mass is 10.1. The first kappa shape index (κ1) is 18.8. The van der Waals surface area contributed by atoms with Gasteiger partial charge in [-0.05, 0) is 29.7 Å². The number of benzene rings is 1. The summed E-state index contributed by atoms with van der Waals surface area (Å²) in [4.78, 5) is 26.0. The average molecular weight is 367 g/mol. The van der Waals surface area contributed by atoms with Crippen molar-refractivity contribution < 1.29 is 9.59 Å². The van der Waals surface area contributed by atoms with Crippen molar-refractivity contribution in [3.8, 4) is 0 Å². The van der Waals surface area contributed by atoms with Crippen LogP contribution in [0.2, 0.25) is 0 Å². The monoisotopic (exact) mass is 367 g/mol. The van der Waals surface area contributed by atoms with Gasteiger partial charge in [0.15, 0.2) is 5.82 Å². The van der Waals surface area contributed by atoms with E-state index in [1.807, 2.05) is 23.1 Å². The first-order valence-corrected chi connectivity index (χ1v) is 9.17. The summed E-state index contributed by atoms with van der Waals surface area (Å²) in [5.41, 5.74) is 1.51. The van der Waals surface area contributed by atoms with Crippen molar-refractivity contribution in [2.24, 2.45) is 5.92 Å². The number of nitrogens with zero attached hydrogens (tertiary/aromatic N) is 4. The molecule has 0 radical (unpaired) electrons. The maximum atomic E-state index is 12.7. The number of amides is 2. The topological polar surface area (TPSA) is 80.1 Å². The summed E-state index contributed by atoms with van der Waals surface area (Å²) in [7, 11) is 0. The quantitative estimate of drug-likeness (QED) is 0.794. The molecule has 0 saturated carbocycles. The number of rotatable bonds is 6. The van der Waals surface area contributed by atoms with Gasteiger partial charge in [-0.25, -0.2) is 0 Å². The van der Waals surface area contributed by atoms with Crippen molar-refractivity contribution in [2.75, 3.05) is 11.9 Å². The SMILES string of the molecule is C=CC(=O)Nc1cccc(CC(=O)N2CCn3c(CC(C)C)nnc3C2)c1. The van der Waals surface area contributed by atoms with Gasteiger partial charge in [0.1, 0.15) is 5.82 Å². The third-order valence-electron chi connectivity index (χ3n) is 4.51. The maximum Gasteiger partial charge on any atom is 0.247 e. The lowest BCUT2D eigenvalue weighted by Gasteiger charge is -2.28. The van der Waals surface area contributed by atoms with Gasteiger partial charge in [0.2, 0.25) is 11.8 Å². The van der Waals surface area contributed by atoms with E-state index in [2.05, 4.69) is 40.5 Å². The molecule has 0 unspecified atom stereocenters. The van der Waals surface area contributed by atoms with Gasteiger partial charge in [-0.15, -0.1) is 10.2 Å². The predicted molar refractivity (Wildman–Crippen MR) is 103 cm³/mol. The van der Waals surface area contributed by atoms with E-state index in [0.717, 1.165) is 30.2 Å². The van der Waals surface area contributed by atoms with Gasteiger partial charge < -0.3 is 14.8 Å². The summed E-state index contributed by atoms with van der Waals surface area (Å²) in [6, 6.07) is 7.31. The second-order valence-electron chi connectivity index (χ2n) is 7.17. The molecule has 0 aliphatic carbocycles. The summed E-state index contributed by atoms with van der Waals surface area (Å²) >= 11 is 0. The molecule has 1 aromatic heterocycles. The molecule has 0 atom stereocenters. The number of anilines is 1. The number of fused-ring (bicyclic) bond motifs is 1. The fourth-order valence-corrected chi connectivity index (χ4v) is 3.19. The van der Waals surface area contributed by atoms with Crippen molar-refractivity contribution in [2.45, 2.75) is 39.8 Å². The standard InChI is InChI=1S/C20H25N5O2/c1-4-19(26)21-16-7-5-6-15(11-16)12-20(27)24-8-9-25-17(10-14(2)3)22-23-18(25)13-24/h4-7,11,14H,1,8-10,12-13H2,2-3H3,(H,21,26). The minimum absolute atomic E-state index is 0.0434. The van der Waals surface area contributed by atoms with Crippen molar-refractivity contribution in [3.05, 3.63) is 54.1 Å². The van der Waals surface area contributed by atoms with E-state index in [4.69, 9.17) is 0 Å². The lowest BCUT2D eigenvalue weighted by Crippen LogP contribution is -2.39. The van der Waals surface area contributed by atoms with Crippen molar-refractivity contribution in [1.29, 1.82) is 0 Å². The Morgan fingerprint density at radius 2 is 2.11 bits per heavy atom. The van der Waals surface area contributed by atoms with Gasteiger partial charge in [0.25, 0.3) is 0 Å². The summed E-state index contributed by atoms with van der Waals surface area (Å²) < 4.78 is 2.13. The molecule has 7 nitrogen and oxygen atoms in total. The Morgan fingerprint density at radius 3 is 2.85 bits per heavy atom. The van der Waals surface area contributed by atoms with Crippen LogP contribution in [-0.4, -0.2) is 38.0 Å². The Labute approximate surface area is 159 Å². The van der Waals surface area contributed by atoms with Crippen LogP contribution in [0.3, 0.4) is 0 Å². The highest BCUT2D eigenvalue weighted by Crippen LogP contribution is 2.17. The molecule has 0 fully saturated rings. The van der Waals surface area contributed by atoms with Crippen LogP contribution in [0.25, 0.3) is 0 Å². The third kappa shape index (κ3) is 4.61. The van der Waals surface area contributed by atoms with E-state index in [1.54, 1.807) is 6.07 Å². The van der Waals surface area contributed by atoms with Gasteiger partial charge in [-0.2, -0.15) is 0 Å². The zero-order valence-corrected chi connectivity index (χ0v) is 15.8. The van der Waals surface area contributed by atoms with E-state index in [-0.39, 0.29) is 18.2 Å². The molecule has 0 bridgehead atoms. The lowest BCUT2D eigenvalue weighted by molar-refractivity contribution is -0.132. The first-order chi connectivity index (χ1) is 13.0. The average Bonchev–Trinajstić information content (AvgIpc) is 3.03. The van der Waals surface area contributed by atoms with Crippen LogP contribution in [0.15, 0.2) is 36.9 Å². The van der Waals surface area contributed by atoms with Crippen LogP contribution in [-0.2, 0) is 35.5 Å². The third-order valence-corrected chi connectivity index (χ3v) is 4.51. The molecule has 2 amide bonds. The van der Waals surface area contributed by atoms with E-state index in [9.17, 15) is 9.59 Å². The van der Waals surface area contributed by atoms with Crippen LogP contribution in [0.4, 0.5) is 5.69 Å². The van der Waals surface area contributed by atoms with E-state index >= 15 is 0 Å². The van der Waals surface area contributed by atoms with Gasteiger partial charge in [-0.1, -0.05) is 32.6 Å². The fourth-order valence-electron chi connectivity index (χ4n) is 3.19. The molecular formula is C20H25N5O2. The Bertz CT molecular complexity index is 856. The Morgan fingerprint density at radius 1 is 1.30 bits per heavy atom. The molecule has 27 heavy (non-hydrogen) atoms. The second kappa shape index (κ2) is 8.16. The van der Waals surface area contributed by atoms with Crippen LogP contribution in [0.5, 0.6) is 0 Å². The molecule has 142 valence electrons. The second-order valence-corrected chi connectivity index (χ2v) is 7.17. The molecule has 3 rings (SSSR count). The normalized spacial score (nSPS) is 13.4. The fraction of sp³-hybridized carbons (Fsp3) is 0.400.